The minimum absolute atomic E-state index is 0.114. The van der Waals surface area contributed by atoms with Gasteiger partial charge in [-0.15, -0.1) is 0 Å². The second kappa shape index (κ2) is 7.59. The minimum atomic E-state index is -0.833. The zero-order valence-corrected chi connectivity index (χ0v) is 20.2. The maximum Gasteiger partial charge on any atom is 0.298 e. The molecular weight excluding hydrogens is 436 g/mol. The van der Waals surface area contributed by atoms with Crippen LogP contribution in [-0.4, -0.2) is 64.7 Å². The van der Waals surface area contributed by atoms with Crippen LogP contribution in [-0.2, 0) is 16.6 Å². The fraction of sp³-hybridized carbons (Fsp3) is 0.500. The van der Waals surface area contributed by atoms with Crippen molar-refractivity contribution in [2.24, 2.45) is 5.92 Å². The van der Waals surface area contributed by atoms with E-state index in [1.54, 1.807) is 4.90 Å². The zero-order chi connectivity index (χ0) is 23.8. The van der Waals surface area contributed by atoms with Crippen LogP contribution in [0, 0.1) is 17.8 Å². The summed E-state index contributed by atoms with van der Waals surface area (Å²) in [4.78, 5) is 17.6. The molecule has 7 rings (SSSR count). The summed E-state index contributed by atoms with van der Waals surface area (Å²) >= 11 is 0. The number of ether oxygens (including phenoxy) is 1. The molecule has 5 atom stereocenters. The van der Waals surface area contributed by atoms with E-state index in [0.717, 1.165) is 49.6 Å². The number of nitrogens with zero attached hydrogens (tertiary/aromatic N) is 2. The van der Waals surface area contributed by atoms with Crippen molar-refractivity contribution in [3.8, 4) is 17.6 Å². The number of rotatable bonds is 3. The van der Waals surface area contributed by atoms with E-state index in [9.17, 15) is 9.90 Å². The van der Waals surface area contributed by atoms with E-state index in [1.165, 1.54) is 24.0 Å². The monoisotopic (exact) mass is 468 g/mol. The molecule has 3 fully saturated rings. The van der Waals surface area contributed by atoms with Gasteiger partial charge in [0, 0.05) is 36.7 Å². The number of carbonyl (C=O) groups excluding carboxylic acids is 1. The molecule has 0 unspecified atom stereocenters. The fourth-order valence-corrected chi connectivity index (χ4v) is 7.71. The lowest BCUT2D eigenvalue weighted by atomic mass is 9.48. The summed E-state index contributed by atoms with van der Waals surface area (Å²) in [7, 11) is 1.85. The summed E-state index contributed by atoms with van der Waals surface area (Å²) in [6.07, 6.45) is 5.53. The average Bonchev–Trinajstić information content (AvgIpc) is 3.62. The molecule has 2 aliphatic heterocycles. The second-order valence-electron chi connectivity index (χ2n) is 11.3. The Balaban J connectivity index is 1.25. The van der Waals surface area contributed by atoms with Crippen molar-refractivity contribution in [1.82, 2.24) is 9.80 Å². The summed E-state index contributed by atoms with van der Waals surface area (Å²) in [6, 6.07) is 16.0. The average molecular weight is 469 g/mol. The topological polar surface area (TPSA) is 53.0 Å². The lowest BCUT2D eigenvalue weighted by Crippen LogP contribution is -2.78. The molecule has 2 bridgehead atoms. The molecule has 1 saturated heterocycles. The summed E-state index contributed by atoms with van der Waals surface area (Å²) in [6.45, 7) is 2.08. The Hall–Kier alpha value is -2.81. The second-order valence-corrected chi connectivity index (χ2v) is 11.3. The highest BCUT2D eigenvalue weighted by atomic mass is 16.5. The van der Waals surface area contributed by atoms with Gasteiger partial charge in [0.1, 0.15) is 11.9 Å². The maximum atomic E-state index is 13.2. The molecule has 2 aromatic carbocycles. The van der Waals surface area contributed by atoms with E-state index in [1.807, 2.05) is 37.4 Å². The van der Waals surface area contributed by atoms with Crippen molar-refractivity contribution in [3.63, 3.8) is 0 Å². The molecule has 180 valence electrons. The smallest absolute Gasteiger partial charge is 0.298 e. The molecule has 5 aliphatic rings. The molecule has 0 aromatic heterocycles. The highest BCUT2D eigenvalue weighted by Crippen LogP contribution is 2.64. The van der Waals surface area contributed by atoms with Crippen LogP contribution < -0.4 is 4.74 Å². The lowest BCUT2D eigenvalue weighted by molar-refractivity contribution is -0.199. The third kappa shape index (κ3) is 3.00. The molecule has 5 nitrogen and oxygen atoms in total. The summed E-state index contributed by atoms with van der Waals surface area (Å²) in [5.41, 5.74) is 2.07. The van der Waals surface area contributed by atoms with Crippen LogP contribution in [0.5, 0.6) is 5.75 Å². The molecule has 5 heteroatoms. The van der Waals surface area contributed by atoms with Gasteiger partial charge in [-0.05, 0) is 74.8 Å². The third-order valence-corrected chi connectivity index (χ3v) is 9.54. The normalized spacial score (nSPS) is 34.3. The van der Waals surface area contributed by atoms with Gasteiger partial charge in [-0.1, -0.05) is 36.3 Å². The molecule has 2 saturated carbocycles. The van der Waals surface area contributed by atoms with Gasteiger partial charge in [0.2, 0.25) is 0 Å². The first kappa shape index (κ1) is 21.5. The van der Waals surface area contributed by atoms with Gasteiger partial charge in [0.15, 0.2) is 0 Å². The summed E-state index contributed by atoms with van der Waals surface area (Å²) in [5, 5.41) is 12.6. The number of amides is 1. The Morgan fingerprint density at radius 2 is 1.97 bits per heavy atom. The Morgan fingerprint density at radius 3 is 2.77 bits per heavy atom. The first-order valence-electron chi connectivity index (χ1n) is 13.1. The lowest BCUT2D eigenvalue weighted by Gasteiger charge is -2.64. The van der Waals surface area contributed by atoms with Crippen molar-refractivity contribution >= 4 is 5.91 Å². The van der Waals surface area contributed by atoms with Crippen LogP contribution in [0.25, 0.3) is 0 Å². The first-order valence-corrected chi connectivity index (χ1v) is 13.1. The highest BCUT2D eigenvalue weighted by molar-refractivity contribution is 5.94. The SMILES string of the molecule is CN(C(=O)C#Cc1ccccc1)[C@@H]1CC[C@@]2(O)[C@H]3Cc4cccc5c4[C@@]2(CCN3CC2CC2)[C@H]1O5. The maximum absolute atomic E-state index is 13.2. The zero-order valence-electron chi connectivity index (χ0n) is 20.2. The number of aliphatic hydroxyl groups is 1. The number of piperidine rings is 1. The van der Waals surface area contributed by atoms with E-state index in [4.69, 9.17) is 4.74 Å². The predicted octanol–water partition coefficient (Wildman–Crippen LogP) is 3.13. The summed E-state index contributed by atoms with van der Waals surface area (Å²) < 4.78 is 6.70. The first-order chi connectivity index (χ1) is 17.0. The Labute approximate surface area is 207 Å². The fourth-order valence-electron chi connectivity index (χ4n) is 7.71. The molecule has 2 aromatic rings. The molecule has 0 radical (unpaired) electrons. The van der Waals surface area contributed by atoms with Crippen molar-refractivity contribution in [1.29, 1.82) is 0 Å². The van der Waals surface area contributed by atoms with Crippen LogP contribution in [0.2, 0.25) is 0 Å². The largest absolute Gasteiger partial charge is 0.487 e. The van der Waals surface area contributed by atoms with Crippen molar-refractivity contribution in [3.05, 3.63) is 65.2 Å². The van der Waals surface area contributed by atoms with E-state index >= 15 is 0 Å². The molecule has 35 heavy (non-hydrogen) atoms. The van der Waals surface area contributed by atoms with Gasteiger partial charge in [-0.2, -0.15) is 0 Å². The van der Waals surface area contributed by atoms with Crippen LogP contribution in [0.3, 0.4) is 0 Å². The third-order valence-electron chi connectivity index (χ3n) is 9.54. The Morgan fingerprint density at radius 1 is 1.14 bits per heavy atom. The van der Waals surface area contributed by atoms with Crippen molar-refractivity contribution < 1.29 is 14.6 Å². The highest BCUT2D eigenvalue weighted by Gasteiger charge is 2.73. The molecule has 3 aliphatic carbocycles. The van der Waals surface area contributed by atoms with E-state index < -0.39 is 11.0 Å². The number of carbonyl (C=O) groups is 1. The number of benzene rings is 2. The molecule has 2 heterocycles. The number of likely N-dealkylation sites (N-methyl/N-ethyl adjacent to an activating group) is 1. The van der Waals surface area contributed by atoms with E-state index in [0.29, 0.717) is 6.42 Å². The van der Waals surface area contributed by atoms with Gasteiger partial charge in [-0.3, -0.25) is 9.69 Å². The molecular formula is C30H32N2O3. The Bertz CT molecular complexity index is 1250. The van der Waals surface area contributed by atoms with Crippen molar-refractivity contribution in [2.45, 2.75) is 67.7 Å². The van der Waals surface area contributed by atoms with E-state index in [2.05, 4.69) is 34.9 Å². The van der Waals surface area contributed by atoms with Crippen molar-refractivity contribution in [2.75, 3.05) is 20.1 Å². The molecule has 1 amide bonds. The standard InChI is InChI=1S/C30H32N2O3/c1-31(26(33)13-12-20-6-3-2-4-7-20)23-14-15-30(34)25-18-22-8-5-9-24-27(22)29(30,28(23)35-24)16-17-32(25)19-21-10-11-21/h2-9,21,23,25,28,34H,10-11,14-19H2,1H3/t23-,25-,28+,29+,30-/m1/s1. The minimum Gasteiger partial charge on any atom is -0.487 e. The Kier molecular flexibility index (Phi) is 4.66. The summed E-state index contributed by atoms with van der Waals surface area (Å²) in [5.74, 6) is 7.36. The van der Waals surface area contributed by atoms with Crippen LogP contribution in [0.4, 0.5) is 0 Å². The van der Waals surface area contributed by atoms with Crippen LogP contribution >= 0.6 is 0 Å². The number of hydrogen-bond donors (Lipinski definition) is 1. The van der Waals surface area contributed by atoms with Gasteiger partial charge in [0.25, 0.3) is 5.91 Å². The molecule has 1 spiro atoms. The quantitative estimate of drug-likeness (QED) is 0.704. The van der Waals surface area contributed by atoms with Crippen LogP contribution in [0.1, 0.15) is 48.8 Å². The number of hydrogen-bond acceptors (Lipinski definition) is 4. The van der Waals surface area contributed by atoms with Gasteiger partial charge < -0.3 is 14.7 Å². The van der Waals surface area contributed by atoms with Crippen LogP contribution in [0.15, 0.2) is 48.5 Å². The van der Waals surface area contributed by atoms with Gasteiger partial charge in [-0.25, -0.2) is 0 Å². The van der Waals surface area contributed by atoms with E-state index in [-0.39, 0.29) is 24.1 Å². The molecule has 1 N–H and O–H groups in total. The van der Waals surface area contributed by atoms with Gasteiger partial charge >= 0.3 is 0 Å². The number of likely N-dealkylation sites (tertiary alicyclic amines) is 1. The predicted molar refractivity (Wildman–Crippen MR) is 133 cm³/mol. The van der Waals surface area contributed by atoms with Gasteiger partial charge in [0.05, 0.1) is 17.1 Å².